The minimum absolute atomic E-state index is 0.0249. The van der Waals surface area contributed by atoms with Crippen molar-refractivity contribution < 1.29 is 19.4 Å². The third-order valence-electron chi connectivity index (χ3n) is 2.54. The molecule has 0 unspecified atom stereocenters. The van der Waals surface area contributed by atoms with Gasteiger partial charge in [-0.15, -0.1) is 0 Å². The second-order valence-corrected chi connectivity index (χ2v) is 4.38. The number of fused-ring (bicyclic) bond motifs is 1. The third kappa shape index (κ3) is 2.74. The number of ether oxygens (including phenoxy) is 2. The predicted octanol–water partition coefficient (Wildman–Crippen LogP) is 3.52. The first kappa shape index (κ1) is 13.5. The van der Waals surface area contributed by atoms with Gasteiger partial charge in [0.2, 0.25) is 0 Å². The van der Waals surface area contributed by atoms with Crippen LogP contribution >= 0.6 is 11.6 Å². The van der Waals surface area contributed by atoms with Crippen LogP contribution < -0.4 is 9.47 Å². The fourth-order valence-electron chi connectivity index (χ4n) is 1.84. The van der Waals surface area contributed by atoms with Crippen molar-refractivity contribution in [1.82, 2.24) is 0 Å². The highest BCUT2D eigenvalue weighted by atomic mass is 35.5. The van der Waals surface area contributed by atoms with Crippen LogP contribution in [0.5, 0.6) is 17.2 Å². The number of esters is 1. The number of rotatable bonds is 3. The molecule has 5 heteroatoms. The van der Waals surface area contributed by atoms with Gasteiger partial charge in [-0.3, -0.25) is 4.79 Å². The largest absolute Gasteiger partial charge is 0.507 e. The van der Waals surface area contributed by atoms with E-state index in [2.05, 4.69) is 0 Å². The van der Waals surface area contributed by atoms with E-state index in [1.54, 1.807) is 25.1 Å². The van der Waals surface area contributed by atoms with Crippen LogP contribution in [0.3, 0.4) is 0 Å². The summed E-state index contributed by atoms with van der Waals surface area (Å²) in [4.78, 5) is 11.2. The highest BCUT2D eigenvalue weighted by molar-refractivity contribution is 6.31. The topological polar surface area (TPSA) is 55.8 Å². The quantitative estimate of drug-likeness (QED) is 0.690. The first-order valence-corrected chi connectivity index (χ1v) is 6.17. The lowest BCUT2D eigenvalue weighted by atomic mass is 10.1. The molecule has 0 heterocycles. The average molecular weight is 281 g/mol. The first-order chi connectivity index (χ1) is 9.02. The van der Waals surface area contributed by atoms with Crippen molar-refractivity contribution in [3.63, 3.8) is 0 Å². The van der Waals surface area contributed by atoms with E-state index in [4.69, 9.17) is 21.1 Å². The van der Waals surface area contributed by atoms with Crippen molar-refractivity contribution in [2.24, 2.45) is 0 Å². The standard InChI is InChI=1S/C14H13ClO4/c1-3-18-13-7-12(17)11-6-9(15)4-5-10(11)14(13)19-8(2)16/h4-7,17H,3H2,1-2H3. The number of hydrogen-bond acceptors (Lipinski definition) is 4. The molecule has 0 spiro atoms. The Morgan fingerprint density at radius 3 is 2.68 bits per heavy atom. The van der Waals surface area contributed by atoms with Crippen molar-refractivity contribution in [3.8, 4) is 17.2 Å². The molecular formula is C14H13ClO4. The predicted molar refractivity (Wildman–Crippen MR) is 73.1 cm³/mol. The summed E-state index contributed by atoms with van der Waals surface area (Å²) >= 11 is 5.90. The number of hydrogen-bond donors (Lipinski definition) is 1. The maximum absolute atomic E-state index is 11.2. The van der Waals surface area contributed by atoms with Gasteiger partial charge < -0.3 is 14.6 Å². The summed E-state index contributed by atoms with van der Waals surface area (Å²) in [5.74, 6) is 0.184. The number of phenolic OH excluding ortho intramolecular Hbond substituents is 1. The molecule has 2 aromatic carbocycles. The molecule has 1 N–H and O–H groups in total. The Bertz CT molecular complexity index is 637. The van der Waals surface area contributed by atoms with Crippen LogP contribution in [0.15, 0.2) is 24.3 Å². The number of phenols is 1. The van der Waals surface area contributed by atoms with Crippen LogP contribution in [0.2, 0.25) is 5.02 Å². The van der Waals surface area contributed by atoms with Gasteiger partial charge in [-0.25, -0.2) is 0 Å². The van der Waals surface area contributed by atoms with Crippen molar-refractivity contribution in [1.29, 1.82) is 0 Å². The van der Waals surface area contributed by atoms with Crippen LogP contribution in [-0.2, 0) is 4.79 Å². The summed E-state index contributed by atoms with van der Waals surface area (Å²) in [6, 6.07) is 6.36. The first-order valence-electron chi connectivity index (χ1n) is 5.79. The van der Waals surface area contributed by atoms with E-state index in [9.17, 15) is 9.90 Å². The van der Waals surface area contributed by atoms with Crippen LogP contribution in [0.25, 0.3) is 10.8 Å². The van der Waals surface area contributed by atoms with Crippen molar-refractivity contribution in [3.05, 3.63) is 29.3 Å². The van der Waals surface area contributed by atoms with E-state index < -0.39 is 5.97 Å². The van der Waals surface area contributed by atoms with E-state index in [-0.39, 0.29) is 5.75 Å². The smallest absolute Gasteiger partial charge is 0.308 e. The highest BCUT2D eigenvalue weighted by Crippen LogP contribution is 2.42. The maximum atomic E-state index is 11.2. The Morgan fingerprint density at radius 2 is 2.05 bits per heavy atom. The molecule has 0 aromatic heterocycles. The SMILES string of the molecule is CCOc1cc(O)c2cc(Cl)ccc2c1OC(C)=O. The summed E-state index contributed by atoms with van der Waals surface area (Å²) in [6.45, 7) is 3.51. The zero-order valence-electron chi connectivity index (χ0n) is 10.6. The monoisotopic (exact) mass is 280 g/mol. The fourth-order valence-corrected chi connectivity index (χ4v) is 2.01. The molecule has 0 aliphatic rings. The third-order valence-corrected chi connectivity index (χ3v) is 2.77. The van der Waals surface area contributed by atoms with Crippen LogP contribution in [0.1, 0.15) is 13.8 Å². The molecule has 0 aliphatic heterocycles. The zero-order chi connectivity index (χ0) is 14.0. The Kier molecular flexibility index (Phi) is 3.81. The van der Waals surface area contributed by atoms with Crippen LogP contribution in [0.4, 0.5) is 0 Å². The van der Waals surface area contributed by atoms with Gasteiger partial charge in [0.05, 0.1) is 6.61 Å². The number of benzene rings is 2. The van der Waals surface area contributed by atoms with E-state index in [1.807, 2.05) is 0 Å². The molecule has 0 saturated heterocycles. The molecule has 0 radical (unpaired) electrons. The minimum atomic E-state index is -0.456. The van der Waals surface area contributed by atoms with Gasteiger partial charge in [0.15, 0.2) is 11.5 Å². The summed E-state index contributed by atoms with van der Waals surface area (Å²) in [5, 5.41) is 11.5. The van der Waals surface area contributed by atoms with E-state index in [1.165, 1.54) is 13.0 Å². The second kappa shape index (κ2) is 5.36. The molecule has 0 saturated carbocycles. The lowest BCUT2D eigenvalue weighted by molar-refractivity contribution is -0.131. The summed E-state index contributed by atoms with van der Waals surface area (Å²) in [5.41, 5.74) is 0. The second-order valence-electron chi connectivity index (χ2n) is 3.94. The van der Waals surface area contributed by atoms with Gasteiger partial charge in [-0.2, -0.15) is 0 Å². The van der Waals surface area contributed by atoms with E-state index in [0.29, 0.717) is 33.9 Å². The summed E-state index contributed by atoms with van der Waals surface area (Å²) < 4.78 is 10.6. The molecule has 0 amide bonds. The Labute approximate surface area is 115 Å². The molecule has 100 valence electrons. The average Bonchev–Trinajstić information content (AvgIpc) is 2.34. The number of halogens is 1. The molecule has 19 heavy (non-hydrogen) atoms. The Hall–Kier alpha value is -1.94. The molecular weight excluding hydrogens is 268 g/mol. The highest BCUT2D eigenvalue weighted by Gasteiger charge is 2.16. The van der Waals surface area contributed by atoms with Gasteiger partial charge in [-0.1, -0.05) is 11.6 Å². The van der Waals surface area contributed by atoms with Crippen LogP contribution in [0, 0.1) is 0 Å². The maximum Gasteiger partial charge on any atom is 0.308 e. The van der Waals surface area contributed by atoms with E-state index >= 15 is 0 Å². The molecule has 2 aromatic rings. The molecule has 2 rings (SSSR count). The summed E-state index contributed by atoms with van der Waals surface area (Å²) in [7, 11) is 0. The normalized spacial score (nSPS) is 10.5. The van der Waals surface area contributed by atoms with Crippen molar-refractivity contribution in [2.75, 3.05) is 6.61 Å². The lowest BCUT2D eigenvalue weighted by Crippen LogP contribution is -2.04. The van der Waals surface area contributed by atoms with E-state index in [0.717, 1.165) is 0 Å². The van der Waals surface area contributed by atoms with Gasteiger partial charge in [0.25, 0.3) is 0 Å². The van der Waals surface area contributed by atoms with Gasteiger partial charge in [-0.05, 0) is 25.1 Å². The zero-order valence-corrected chi connectivity index (χ0v) is 11.3. The number of aromatic hydroxyl groups is 1. The molecule has 0 fully saturated rings. The minimum Gasteiger partial charge on any atom is -0.507 e. The number of carbonyl (C=O) groups excluding carboxylic acids is 1. The van der Waals surface area contributed by atoms with Gasteiger partial charge >= 0.3 is 5.97 Å². The molecule has 0 bridgehead atoms. The lowest BCUT2D eigenvalue weighted by Gasteiger charge is -2.13. The number of carbonyl (C=O) groups is 1. The Balaban J connectivity index is 2.73. The molecule has 0 aliphatic carbocycles. The van der Waals surface area contributed by atoms with Crippen molar-refractivity contribution in [2.45, 2.75) is 13.8 Å². The Morgan fingerprint density at radius 1 is 1.32 bits per heavy atom. The summed E-state index contributed by atoms with van der Waals surface area (Å²) in [6.07, 6.45) is 0. The molecule has 0 atom stereocenters. The fraction of sp³-hybridized carbons (Fsp3) is 0.214. The molecule has 4 nitrogen and oxygen atoms in total. The van der Waals surface area contributed by atoms with Gasteiger partial charge in [0.1, 0.15) is 5.75 Å². The van der Waals surface area contributed by atoms with Gasteiger partial charge in [0, 0.05) is 28.8 Å². The van der Waals surface area contributed by atoms with Crippen molar-refractivity contribution >= 4 is 28.3 Å². The van der Waals surface area contributed by atoms with Crippen LogP contribution in [-0.4, -0.2) is 17.7 Å².